The first-order valence-electron chi connectivity index (χ1n) is 11.6. The van der Waals surface area contributed by atoms with Gasteiger partial charge in [0, 0.05) is 44.4 Å². The van der Waals surface area contributed by atoms with E-state index in [-0.39, 0.29) is 18.0 Å². The van der Waals surface area contributed by atoms with Gasteiger partial charge in [-0.05, 0) is 42.5 Å². The number of carbonyl (C=O) groups is 5. The van der Waals surface area contributed by atoms with Gasteiger partial charge in [0.2, 0.25) is 0 Å². The highest BCUT2D eigenvalue weighted by Crippen LogP contribution is 2.23. The van der Waals surface area contributed by atoms with Gasteiger partial charge in [0.15, 0.2) is 0 Å². The van der Waals surface area contributed by atoms with E-state index in [0.29, 0.717) is 27.1 Å². The summed E-state index contributed by atoms with van der Waals surface area (Å²) in [4.78, 5) is 65.3. The lowest BCUT2D eigenvalue weighted by atomic mass is 10.2. The number of pyridine rings is 1. The molecule has 1 fully saturated rings. The van der Waals surface area contributed by atoms with E-state index in [1.54, 1.807) is 54.7 Å². The minimum Gasteiger partial charge on any atom is -0.481 e. The number of aliphatic carboxylic acids is 3. The molecule has 0 unspecified atom stereocenters. The minimum atomic E-state index is -0.833. The Bertz CT molecular complexity index is 1360. The van der Waals surface area contributed by atoms with E-state index >= 15 is 0 Å². The summed E-state index contributed by atoms with van der Waals surface area (Å²) < 4.78 is 7.40. The fourth-order valence-corrected chi connectivity index (χ4v) is 3.96. The lowest BCUT2D eigenvalue weighted by molar-refractivity contribution is -0.135. The van der Waals surface area contributed by atoms with Crippen LogP contribution in [0.1, 0.15) is 30.4 Å². The zero-order valence-corrected chi connectivity index (χ0v) is 23.7. The second kappa shape index (κ2) is 17.1. The highest BCUT2D eigenvalue weighted by Gasteiger charge is 2.32. The summed E-state index contributed by atoms with van der Waals surface area (Å²) in [6.07, 6.45) is 0.743. The van der Waals surface area contributed by atoms with Crippen molar-refractivity contribution in [3.63, 3.8) is 0 Å². The maximum Gasteiger partial charge on any atom is 0.414 e. The van der Waals surface area contributed by atoms with Gasteiger partial charge in [-0.2, -0.15) is 0 Å². The molecule has 1 aromatic carbocycles. The number of carboxylic acids is 3. The molecule has 15 heteroatoms. The second-order valence-electron chi connectivity index (χ2n) is 7.91. The van der Waals surface area contributed by atoms with Crippen LogP contribution in [0.25, 0.3) is 5.69 Å². The quantitative estimate of drug-likeness (QED) is 0.332. The first-order chi connectivity index (χ1) is 19.2. The molecule has 220 valence electrons. The Hall–Kier alpha value is -4.69. The van der Waals surface area contributed by atoms with Crippen LogP contribution in [0.4, 0.5) is 10.5 Å². The van der Waals surface area contributed by atoms with Gasteiger partial charge in [-0.3, -0.25) is 33.4 Å². The van der Waals surface area contributed by atoms with Gasteiger partial charge in [-0.25, -0.2) is 4.79 Å². The standard InChI is InChI=1S/C20H16ClN3O4S.3C2H4O2/c21-17-9-8-16(29-17)19(26)22-11-15-12-24(20(27)28-15)14-6-4-13(5-7-14)23-10-2-1-3-18(23)25;3*1-2(3)4/h1-10,15H,11-12H2,(H,22,26);3*1H3,(H,3,4)/t15-;;;/m0.../s1. The third kappa shape index (κ3) is 13.3. The van der Waals surface area contributed by atoms with Crippen LogP contribution in [0.3, 0.4) is 0 Å². The van der Waals surface area contributed by atoms with Crippen molar-refractivity contribution >= 4 is 58.5 Å². The van der Waals surface area contributed by atoms with Gasteiger partial charge >= 0.3 is 6.09 Å². The van der Waals surface area contributed by atoms with E-state index < -0.39 is 30.1 Å². The van der Waals surface area contributed by atoms with Crippen molar-refractivity contribution in [3.05, 3.63) is 80.4 Å². The van der Waals surface area contributed by atoms with Crippen LogP contribution in [-0.4, -0.2) is 69.0 Å². The van der Waals surface area contributed by atoms with Crippen molar-refractivity contribution < 1.29 is 44.0 Å². The maximum absolute atomic E-state index is 12.2. The summed E-state index contributed by atoms with van der Waals surface area (Å²) in [6, 6.07) is 15.3. The monoisotopic (exact) mass is 609 g/mol. The molecule has 3 aromatic rings. The van der Waals surface area contributed by atoms with E-state index in [1.807, 2.05) is 0 Å². The lowest BCUT2D eigenvalue weighted by Crippen LogP contribution is -2.34. The summed E-state index contributed by atoms with van der Waals surface area (Å²) in [5.41, 5.74) is 1.22. The number of thiophene rings is 1. The molecule has 1 saturated heterocycles. The Morgan fingerprint density at radius 2 is 1.44 bits per heavy atom. The Kier molecular flexibility index (Phi) is 14.3. The summed E-state index contributed by atoms with van der Waals surface area (Å²) in [5.74, 6) is -2.76. The van der Waals surface area contributed by atoms with Gasteiger partial charge in [0.05, 0.1) is 22.3 Å². The lowest BCUT2D eigenvalue weighted by Gasteiger charge is -2.14. The van der Waals surface area contributed by atoms with Gasteiger partial charge in [0.25, 0.3) is 29.4 Å². The number of benzene rings is 1. The summed E-state index contributed by atoms with van der Waals surface area (Å²) in [6.45, 7) is 3.77. The predicted octanol–water partition coefficient (Wildman–Crippen LogP) is 3.58. The van der Waals surface area contributed by atoms with Crippen molar-refractivity contribution in [2.24, 2.45) is 0 Å². The molecule has 0 bridgehead atoms. The summed E-state index contributed by atoms with van der Waals surface area (Å²) in [7, 11) is 0. The van der Waals surface area contributed by atoms with E-state index in [1.165, 1.54) is 26.9 Å². The van der Waals surface area contributed by atoms with E-state index in [9.17, 15) is 14.4 Å². The van der Waals surface area contributed by atoms with Crippen LogP contribution in [-0.2, 0) is 19.1 Å². The smallest absolute Gasteiger partial charge is 0.414 e. The molecule has 0 spiro atoms. The summed E-state index contributed by atoms with van der Waals surface area (Å²) in [5, 5.41) is 25.0. The number of aromatic nitrogens is 1. The molecule has 41 heavy (non-hydrogen) atoms. The normalized spacial score (nSPS) is 13.1. The number of hydrogen-bond acceptors (Lipinski definition) is 8. The zero-order valence-electron chi connectivity index (χ0n) is 22.1. The van der Waals surface area contributed by atoms with Crippen molar-refractivity contribution in [3.8, 4) is 5.69 Å². The topological polar surface area (TPSA) is 193 Å². The Morgan fingerprint density at radius 3 is 1.93 bits per heavy atom. The number of hydrogen-bond donors (Lipinski definition) is 4. The van der Waals surface area contributed by atoms with Gasteiger partial charge in [-0.1, -0.05) is 17.7 Å². The molecule has 1 aliphatic heterocycles. The predicted molar refractivity (Wildman–Crippen MR) is 151 cm³/mol. The molecule has 4 N–H and O–H groups in total. The van der Waals surface area contributed by atoms with Crippen LogP contribution >= 0.6 is 22.9 Å². The zero-order chi connectivity index (χ0) is 31.1. The van der Waals surface area contributed by atoms with Crippen molar-refractivity contribution in [2.75, 3.05) is 18.0 Å². The summed E-state index contributed by atoms with van der Waals surface area (Å²) >= 11 is 7.03. The molecule has 0 saturated carbocycles. The number of carboxylic acid groups (broad SMARTS) is 3. The van der Waals surface area contributed by atoms with Crippen molar-refractivity contribution in [1.29, 1.82) is 0 Å². The van der Waals surface area contributed by atoms with Crippen LogP contribution < -0.4 is 15.8 Å². The second-order valence-corrected chi connectivity index (χ2v) is 9.63. The number of carbonyl (C=O) groups excluding carboxylic acids is 2. The Balaban J connectivity index is 0.000000597. The molecule has 2 aromatic heterocycles. The molecular weight excluding hydrogens is 582 g/mol. The number of nitrogens with zero attached hydrogens (tertiary/aromatic N) is 2. The van der Waals surface area contributed by atoms with Gasteiger partial charge < -0.3 is 25.4 Å². The first-order valence-corrected chi connectivity index (χ1v) is 12.8. The fourth-order valence-electron chi connectivity index (χ4n) is 3.00. The van der Waals surface area contributed by atoms with Crippen LogP contribution in [0.2, 0.25) is 4.34 Å². The largest absolute Gasteiger partial charge is 0.481 e. The molecule has 4 rings (SSSR count). The molecule has 2 amide bonds. The molecule has 0 aliphatic carbocycles. The molecule has 13 nitrogen and oxygen atoms in total. The van der Waals surface area contributed by atoms with Crippen LogP contribution in [0.15, 0.2) is 65.6 Å². The minimum absolute atomic E-state index is 0.135. The third-order valence-corrected chi connectivity index (χ3v) is 5.65. The number of anilines is 1. The van der Waals surface area contributed by atoms with Crippen molar-refractivity contribution in [2.45, 2.75) is 26.9 Å². The number of halogens is 1. The molecule has 1 atom stereocenters. The van der Waals surface area contributed by atoms with E-state index in [4.69, 9.17) is 46.0 Å². The van der Waals surface area contributed by atoms with Crippen molar-refractivity contribution in [1.82, 2.24) is 9.88 Å². The highest BCUT2D eigenvalue weighted by atomic mass is 35.5. The molecule has 3 heterocycles. The van der Waals surface area contributed by atoms with Crippen LogP contribution in [0, 0.1) is 0 Å². The maximum atomic E-state index is 12.2. The van der Waals surface area contributed by atoms with Gasteiger partial charge in [0.1, 0.15) is 6.10 Å². The number of rotatable bonds is 5. The Labute approximate surface area is 243 Å². The average Bonchev–Trinajstić information content (AvgIpc) is 3.47. The highest BCUT2D eigenvalue weighted by molar-refractivity contribution is 7.18. The number of amides is 2. The Morgan fingerprint density at radius 1 is 0.902 bits per heavy atom. The van der Waals surface area contributed by atoms with E-state index in [2.05, 4.69) is 5.32 Å². The average molecular weight is 610 g/mol. The number of cyclic esters (lactones) is 1. The third-order valence-electron chi connectivity index (χ3n) is 4.42. The first kappa shape index (κ1) is 34.3. The number of nitrogens with one attached hydrogen (secondary N) is 1. The van der Waals surface area contributed by atoms with Crippen LogP contribution in [0.5, 0.6) is 0 Å². The fraction of sp³-hybridized carbons (Fsp3) is 0.231. The SMILES string of the molecule is CC(=O)O.CC(=O)O.CC(=O)O.O=C(NC[C@H]1CN(c2ccc(-n3ccccc3=O)cc2)C(=O)O1)c1ccc(Cl)s1. The molecule has 1 aliphatic rings. The molecular formula is C26H28ClN3O10S. The van der Waals surface area contributed by atoms with E-state index in [0.717, 1.165) is 20.8 Å². The molecule has 0 radical (unpaired) electrons. The number of ether oxygens (including phenoxy) is 1. The van der Waals surface area contributed by atoms with Gasteiger partial charge in [-0.15, -0.1) is 11.3 Å².